The largest absolute Gasteiger partial charge is 0.456 e. The summed E-state index contributed by atoms with van der Waals surface area (Å²) in [4.78, 5) is 0. The molecule has 1 aliphatic rings. The molecule has 0 atom stereocenters. The van der Waals surface area contributed by atoms with E-state index in [9.17, 15) is 0 Å². The van der Waals surface area contributed by atoms with Gasteiger partial charge in [0.05, 0.1) is 11.0 Å². The summed E-state index contributed by atoms with van der Waals surface area (Å²) in [6, 6.07) is 73.7. The molecule has 12 aromatic rings. The maximum Gasteiger partial charge on any atom is 0.136 e. The average Bonchev–Trinajstić information content (AvgIpc) is 3.92. The zero-order chi connectivity index (χ0) is 40.4. The van der Waals surface area contributed by atoms with Gasteiger partial charge < -0.3 is 8.98 Å². The predicted octanol–water partition coefficient (Wildman–Crippen LogP) is 16.3. The zero-order valence-electron chi connectivity index (χ0n) is 33.9. The van der Waals surface area contributed by atoms with E-state index in [4.69, 9.17) is 4.42 Å². The second-order valence-electron chi connectivity index (χ2n) is 17.2. The van der Waals surface area contributed by atoms with E-state index >= 15 is 0 Å². The number of benzene rings is 10. The van der Waals surface area contributed by atoms with Crippen LogP contribution in [-0.2, 0) is 5.41 Å². The number of para-hydroxylation sites is 2. The highest BCUT2D eigenvalue weighted by Crippen LogP contribution is 2.52. The van der Waals surface area contributed by atoms with Crippen LogP contribution in [0.3, 0.4) is 0 Å². The van der Waals surface area contributed by atoms with Crippen molar-refractivity contribution in [1.29, 1.82) is 0 Å². The first-order valence-corrected chi connectivity index (χ1v) is 21.3. The second kappa shape index (κ2) is 12.7. The van der Waals surface area contributed by atoms with Crippen molar-refractivity contribution in [2.24, 2.45) is 0 Å². The van der Waals surface area contributed by atoms with Crippen LogP contribution in [0.4, 0.5) is 0 Å². The maximum absolute atomic E-state index is 6.68. The van der Waals surface area contributed by atoms with E-state index < -0.39 is 0 Å². The van der Waals surface area contributed by atoms with Crippen molar-refractivity contribution in [3.05, 3.63) is 211 Å². The SMILES string of the molecule is CC1(C)c2ccccc2-c2cc3oc4ccc(-c5c6ccccc6c(-c6ccc7c8ccccc8n(-c8ccccc8)c7c6)c6ccc(-c7ccccc7)cc56)cc4c3cc21. The molecular formula is C59H39NO. The van der Waals surface area contributed by atoms with Gasteiger partial charge in [-0.15, -0.1) is 0 Å². The molecule has 0 unspecified atom stereocenters. The minimum atomic E-state index is -0.101. The van der Waals surface area contributed by atoms with Crippen molar-refractivity contribution < 1.29 is 4.42 Å². The Bertz CT molecular complexity index is 3770. The van der Waals surface area contributed by atoms with E-state index in [1.54, 1.807) is 0 Å². The van der Waals surface area contributed by atoms with Crippen LogP contribution in [0.25, 0.3) is 115 Å². The summed E-state index contributed by atoms with van der Waals surface area (Å²) in [5.41, 5.74) is 17.8. The monoisotopic (exact) mass is 777 g/mol. The topological polar surface area (TPSA) is 18.1 Å². The lowest BCUT2D eigenvalue weighted by molar-refractivity contribution is 0.658. The molecule has 2 heterocycles. The summed E-state index contributed by atoms with van der Waals surface area (Å²) in [7, 11) is 0. The van der Waals surface area contributed by atoms with Gasteiger partial charge in [-0.3, -0.25) is 0 Å². The van der Waals surface area contributed by atoms with E-state index in [0.717, 1.165) is 27.6 Å². The standard InChI is InChI=1S/C59H39NO/c1-59(2)51-23-13-11-19-41(51)47-35-56-49(34-52(47)59)48-32-38(27-30-55(48)61-56)58-45-22-10-9-21-44(45)57(46-29-25-37(31-50(46)58)36-15-5-3-6-16-36)39-26-28-43-42-20-12-14-24-53(42)60(54(43)33-39)40-17-7-4-8-18-40/h3-35H,1-2H3. The van der Waals surface area contributed by atoms with Crippen LogP contribution >= 0.6 is 0 Å². The van der Waals surface area contributed by atoms with Crippen molar-refractivity contribution in [3.63, 3.8) is 0 Å². The van der Waals surface area contributed by atoms with Crippen LogP contribution in [0.2, 0.25) is 0 Å². The van der Waals surface area contributed by atoms with Crippen molar-refractivity contribution in [2.45, 2.75) is 19.3 Å². The molecule has 0 N–H and O–H groups in total. The lowest BCUT2D eigenvalue weighted by atomic mass is 9.82. The highest BCUT2D eigenvalue weighted by Gasteiger charge is 2.36. The molecule has 2 heteroatoms. The summed E-state index contributed by atoms with van der Waals surface area (Å²) in [5, 5.41) is 9.71. The van der Waals surface area contributed by atoms with Crippen LogP contribution in [0.1, 0.15) is 25.0 Å². The number of nitrogens with zero attached hydrogens (tertiary/aromatic N) is 1. The van der Waals surface area contributed by atoms with E-state index in [1.165, 1.54) is 99.0 Å². The quantitative estimate of drug-likeness (QED) is 0.163. The lowest BCUT2D eigenvalue weighted by Crippen LogP contribution is -2.14. The molecule has 10 aromatic carbocycles. The second-order valence-corrected chi connectivity index (χ2v) is 17.2. The van der Waals surface area contributed by atoms with Gasteiger partial charge in [0.25, 0.3) is 0 Å². The van der Waals surface area contributed by atoms with Crippen molar-refractivity contribution >= 4 is 65.3 Å². The average molecular weight is 778 g/mol. The van der Waals surface area contributed by atoms with Gasteiger partial charge in [-0.1, -0.05) is 159 Å². The third kappa shape index (κ3) is 4.91. The molecule has 0 amide bonds. The van der Waals surface area contributed by atoms with Crippen LogP contribution in [-0.4, -0.2) is 4.57 Å². The fourth-order valence-electron chi connectivity index (χ4n) is 10.7. The van der Waals surface area contributed by atoms with Gasteiger partial charge in [0.2, 0.25) is 0 Å². The third-order valence-electron chi connectivity index (χ3n) is 13.6. The van der Waals surface area contributed by atoms with Gasteiger partial charge in [-0.25, -0.2) is 0 Å². The predicted molar refractivity (Wildman–Crippen MR) is 257 cm³/mol. The molecular weight excluding hydrogens is 739 g/mol. The van der Waals surface area contributed by atoms with Gasteiger partial charge in [0.15, 0.2) is 0 Å². The van der Waals surface area contributed by atoms with Crippen LogP contribution in [0.15, 0.2) is 205 Å². The van der Waals surface area contributed by atoms with Gasteiger partial charge >= 0.3 is 0 Å². The lowest BCUT2D eigenvalue weighted by Gasteiger charge is -2.21. The van der Waals surface area contributed by atoms with Crippen LogP contribution in [0.5, 0.6) is 0 Å². The fraction of sp³-hybridized carbons (Fsp3) is 0.0508. The Kier molecular flexibility index (Phi) is 7.10. The molecule has 13 rings (SSSR count). The normalized spacial score (nSPS) is 13.2. The first-order chi connectivity index (χ1) is 30.0. The summed E-state index contributed by atoms with van der Waals surface area (Å²) in [5.74, 6) is 0. The Balaban J connectivity index is 1.09. The maximum atomic E-state index is 6.68. The minimum absolute atomic E-state index is 0.101. The number of furan rings is 1. The number of aromatic nitrogens is 1. The van der Waals surface area contributed by atoms with Crippen LogP contribution in [0, 0.1) is 0 Å². The summed E-state index contributed by atoms with van der Waals surface area (Å²) < 4.78 is 9.09. The molecule has 0 saturated heterocycles. The molecule has 1 aliphatic carbocycles. The highest BCUT2D eigenvalue weighted by molar-refractivity contribution is 6.23. The molecule has 286 valence electrons. The first-order valence-electron chi connectivity index (χ1n) is 21.3. The highest BCUT2D eigenvalue weighted by atomic mass is 16.3. The van der Waals surface area contributed by atoms with Gasteiger partial charge in [0, 0.05) is 32.6 Å². The smallest absolute Gasteiger partial charge is 0.136 e. The minimum Gasteiger partial charge on any atom is -0.456 e. The molecule has 0 saturated carbocycles. The molecule has 0 aliphatic heterocycles. The number of hydrogen-bond donors (Lipinski definition) is 0. The molecule has 61 heavy (non-hydrogen) atoms. The van der Waals surface area contributed by atoms with Crippen molar-refractivity contribution in [2.75, 3.05) is 0 Å². The Morgan fingerprint density at radius 3 is 1.74 bits per heavy atom. The molecule has 0 spiro atoms. The Labute approximate surface area is 353 Å². The number of rotatable bonds is 4. The third-order valence-corrected chi connectivity index (χ3v) is 13.6. The Morgan fingerprint density at radius 2 is 0.918 bits per heavy atom. The summed E-state index contributed by atoms with van der Waals surface area (Å²) in [6.07, 6.45) is 0. The van der Waals surface area contributed by atoms with E-state index in [2.05, 4.69) is 219 Å². The molecule has 2 nitrogen and oxygen atoms in total. The van der Waals surface area contributed by atoms with Crippen molar-refractivity contribution in [1.82, 2.24) is 4.57 Å². The van der Waals surface area contributed by atoms with Crippen molar-refractivity contribution in [3.8, 4) is 50.2 Å². The van der Waals surface area contributed by atoms with E-state index in [1.807, 2.05) is 0 Å². The van der Waals surface area contributed by atoms with Crippen LogP contribution < -0.4 is 0 Å². The van der Waals surface area contributed by atoms with Gasteiger partial charge in [0.1, 0.15) is 11.2 Å². The number of fused-ring (bicyclic) bond motifs is 11. The van der Waals surface area contributed by atoms with Gasteiger partial charge in [-0.05, 0) is 132 Å². The fourth-order valence-corrected chi connectivity index (χ4v) is 10.7. The molecule has 0 radical (unpaired) electrons. The summed E-state index contributed by atoms with van der Waals surface area (Å²) in [6.45, 7) is 4.70. The zero-order valence-corrected chi connectivity index (χ0v) is 33.9. The molecule has 0 bridgehead atoms. The number of hydrogen-bond acceptors (Lipinski definition) is 1. The Hall–Kier alpha value is -7.68. The molecule has 0 fully saturated rings. The molecule has 2 aromatic heterocycles. The first kappa shape index (κ1) is 34.2. The van der Waals surface area contributed by atoms with Gasteiger partial charge in [-0.2, -0.15) is 0 Å². The summed E-state index contributed by atoms with van der Waals surface area (Å²) >= 11 is 0. The Morgan fingerprint density at radius 1 is 0.344 bits per heavy atom. The van der Waals surface area contributed by atoms with E-state index in [0.29, 0.717) is 0 Å². The van der Waals surface area contributed by atoms with E-state index in [-0.39, 0.29) is 5.41 Å².